The van der Waals surface area contributed by atoms with E-state index in [2.05, 4.69) is 20.8 Å². The number of fused-ring (bicyclic) bond motifs is 1. The summed E-state index contributed by atoms with van der Waals surface area (Å²) >= 11 is 0. The maximum atomic E-state index is 12.1. The Morgan fingerprint density at radius 3 is 2.62 bits per heavy atom. The Kier molecular flexibility index (Phi) is 3.99. The van der Waals surface area contributed by atoms with Crippen molar-refractivity contribution in [2.24, 2.45) is 0 Å². The second-order valence-electron chi connectivity index (χ2n) is 5.43. The van der Waals surface area contributed by atoms with Crippen LogP contribution < -0.4 is 10.6 Å². The minimum atomic E-state index is -0.173. The van der Waals surface area contributed by atoms with Gasteiger partial charge in [-0.15, -0.1) is 10.2 Å². The maximum Gasteiger partial charge on any atom is 0.272 e. The van der Waals surface area contributed by atoms with Crippen molar-refractivity contribution >= 4 is 22.5 Å². The van der Waals surface area contributed by atoms with Crippen molar-refractivity contribution in [2.75, 3.05) is 11.9 Å². The number of anilines is 1. The Bertz CT molecular complexity index is 650. The molecule has 0 radical (unpaired) electrons. The van der Waals surface area contributed by atoms with Crippen molar-refractivity contribution in [1.29, 1.82) is 0 Å². The van der Waals surface area contributed by atoms with Gasteiger partial charge in [-0.25, -0.2) is 0 Å². The lowest BCUT2D eigenvalue weighted by atomic mass is 10.1. The molecule has 110 valence electrons. The molecule has 1 aromatic carbocycles. The van der Waals surface area contributed by atoms with E-state index in [1.807, 2.05) is 31.2 Å². The van der Waals surface area contributed by atoms with Crippen molar-refractivity contribution in [3.8, 4) is 0 Å². The van der Waals surface area contributed by atoms with Gasteiger partial charge in [0, 0.05) is 23.4 Å². The van der Waals surface area contributed by atoms with Crippen LogP contribution in [0.5, 0.6) is 0 Å². The summed E-state index contributed by atoms with van der Waals surface area (Å²) in [7, 11) is 0. The van der Waals surface area contributed by atoms with Crippen LogP contribution in [0.4, 0.5) is 5.82 Å². The van der Waals surface area contributed by atoms with Gasteiger partial charge in [0.25, 0.3) is 5.91 Å². The molecule has 0 aliphatic heterocycles. The van der Waals surface area contributed by atoms with Gasteiger partial charge in [-0.3, -0.25) is 4.79 Å². The summed E-state index contributed by atoms with van der Waals surface area (Å²) in [5.74, 6) is 0.610. The molecule has 5 heteroatoms. The predicted octanol–water partition coefficient (Wildman–Crippen LogP) is 2.73. The summed E-state index contributed by atoms with van der Waals surface area (Å²) in [6, 6.07) is 8.27. The second-order valence-corrected chi connectivity index (χ2v) is 5.43. The van der Waals surface area contributed by atoms with Gasteiger partial charge in [0.15, 0.2) is 11.5 Å². The monoisotopic (exact) mass is 284 g/mol. The largest absolute Gasteiger partial charge is 0.365 e. The summed E-state index contributed by atoms with van der Waals surface area (Å²) < 4.78 is 0. The zero-order valence-corrected chi connectivity index (χ0v) is 12.2. The van der Waals surface area contributed by atoms with E-state index in [1.54, 1.807) is 0 Å². The number of carbonyl (C=O) groups excluding carboxylic acids is 1. The maximum absolute atomic E-state index is 12.1. The van der Waals surface area contributed by atoms with Gasteiger partial charge in [-0.05, 0) is 19.8 Å². The van der Waals surface area contributed by atoms with Gasteiger partial charge in [0.1, 0.15) is 0 Å². The van der Waals surface area contributed by atoms with E-state index in [9.17, 15) is 4.79 Å². The van der Waals surface area contributed by atoms with Crippen molar-refractivity contribution in [3.63, 3.8) is 0 Å². The molecule has 5 nitrogen and oxygen atoms in total. The Balaban J connectivity index is 1.99. The van der Waals surface area contributed by atoms with Crippen LogP contribution in [-0.2, 0) is 0 Å². The Morgan fingerprint density at radius 2 is 1.90 bits per heavy atom. The fourth-order valence-corrected chi connectivity index (χ4v) is 2.89. The molecule has 1 aliphatic carbocycles. The van der Waals surface area contributed by atoms with Crippen molar-refractivity contribution < 1.29 is 4.79 Å². The number of benzene rings is 1. The summed E-state index contributed by atoms with van der Waals surface area (Å²) in [5, 5.41) is 16.5. The molecule has 1 fully saturated rings. The highest BCUT2D eigenvalue weighted by molar-refractivity contribution is 6.07. The van der Waals surface area contributed by atoms with Crippen LogP contribution in [0.2, 0.25) is 0 Å². The molecule has 0 atom stereocenters. The van der Waals surface area contributed by atoms with E-state index >= 15 is 0 Å². The lowest BCUT2D eigenvalue weighted by Gasteiger charge is -2.15. The molecule has 21 heavy (non-hydrogen) atoms. The molecule has 0 saturated heterocycles. The Labute approximate surface area is 124 Å². The molecule has 1 amide bonds. The predicted molar refractivity (Wildman–Crippen MR) is 83.4 cm³/mol. The number of carbonyl (C=O) groups is 1. The first kappa shape index (κ1) is 13.8. The van der Waals surface area contributed by atoms with E-state index in [0.29, 0.717) is 18.3 Å². The third-order valence-electron chi connectivity index (χ3n) is 3.94. The first-order valence-corrected chi connectivity index (χ1v) is 7.59. The molecular weight excluding hydrogens is 264 g/mol. The topological polar surface area (TPSA) is 66.9 Å². The molecule has 2 aromatic rings. The summed E-state index contributed by atoms with van der Waals surface area (Å²) in [5.41, 5.74) is 0.393. The highest BCUT2D eigenvalue weighted by Crippen LogP contribution is 2.27. The second kappa shape index (κ2) is 6.08. The fraction of sp³-hybridized carbons (Fsp3) is 0.438. The van der Waals surface area contributed by atoms with Crippen molar-refractivity contribution in [3.05, 3.63) is 30.0 Å². The molecule has 2 N–H and O–H groups in total. The number of rotatable bonds is 4. The van der Waals surface area contributed by atoms with Crippen molar-refractivity contribution in [1.82, 2.24) is 15.5 Å². The highest BCUT2D eigenvalue weighted by atomic mass is 16.1. The normalized spacial score (nSPS) is 15.3. The molecule has 1 aliphatic rings. The third kappa shape index (κ3) is 2.82. The van der Waals surface area contributed by atoms with E-state index in [1.165, 1.54) is 25.7 Å². The molecule has 1 saturated carbocycles. The van der Waals surface area contributed by atoms with Gasteiger partial charge in [-0.1, -0.05) is 37.1 Å². The molecular formula is C16H20N4O. The quantitative estimate of drug-likeness (QED) is 0.906. The zero-order chi connectivity index (χ0) is 14.7. The smallest absolute Gasteiger partial charge is 0.272 e. The van der Waals surface area contributed by atoms with E-state index in [4.69, 9.17) is 0 Å². The van der Waals surface area contributed by atoms with E-state index < -0.39 is 0 Å². The Morgan fingerprint density at radius 1 is 1.19 bits per heavy atom. The molecule has 0 unspecified atom stereocenters. The number of aromatic nitrogens is 2. The van der Waals surface area contributed by atoms with Gasteiger partial charge in [0.05, 0.1) is 0 Å². The average molecular weight is 284 g/mol. The van der Waals surface area contributed by atoms with Crippen LogP contribution in [0.1, 0.15) is 43.1 Å². The summed E-state index contributed by atoms with van der Waals surface area (Å²) in [6.07, 6.45) is 4.88. The standard InChI is InChI=1S/C16H20N4O/c1-2-17-16(21)14-12-9-5-6-10-13(12)15(20-19-14)18-11-7-3-4-8-11/h5-6,9-11H,2-4,7-8H2,1H3,(H,17,21)(H,18,20). The SMILES string of the molecule is CCNC(=O)c1nnc(NC2CCCC2)c2ccccc12. The number of hydrogen-bond donors (Lipinski definition) is 2. The van der Waals surface area contributed by atoms with Gasteiger partial charge in [-0.2, -0.15) is 0 Å². The number of hydrogen-bond acceptors (Lipinski definition) is 4. The highest BCUT2D eigenvalue weighted by Gasteiger charge is 2.19. The number of amides is 1. The third-order valence-corrected chi connectivity index (χ3v) is 3.94. The van der Waals surface area contributed by atoms with Gasteiger partial charge < -0.3 is 10.6 Å². The van der Waals surface area contributed by atoms with Crippen LogP contribution in [0.25, 0.3) is 10.8 Å². The number of nitrogens with zero attached hydrogens (tertiary/aromatic N) is 2. The van der Waals surface area contributed by atoms with Crippen LogP contribution in [-0.4, -0.2) is 28.7 Å². The van der Waals surface area contributed by atoms with Crippen LogP contribution in [0.3, 0.4) is 0 Å². The minimum absolute atomic E-state index is 0.173. The average Bonchev–Trinajstić information content (AvgIpc) is 3.01. The molecule has 1 aromatic heterocycles. The molecule has 0 bridgehead atoms. The zero-order valence-electron chi connectivity index (χ0n) is 12.2. The fourth-order valence-electron chi connectivity index (χ4n) is 2.89. The summed E-state index contributed by atoms with van der Waals surface area (Å²) in [6.45, 7) is 2.47. The lowest BCUT2D eigenvalue weighted by Crippen LogP contribution is -2.25. The van der Waals surface area contributed by atoms with Gasteiger partial charge in [0.2, 0.25) is 0 Å². The van der Waals surface area contributed by atoms with E-state index in [0.717, 1.165) is 16.6 Å². The van der Waals surface area contributed by atoms with E-state index in [-0.39, 0.29) is 5.91 Å². The summed E-state index contributed by atoms with van der Waals surface area (Å²) in [4.78, 5) is 12.1. The molecule has 0 spiro atoms. The molecule has 1 heterocycles. The minimum Gasteiger partial charge on any atom is -0.365 e. The van der Waals surface area contributed by atoms with Crippen LogP contribution in [0, 0.1) is 0 Å². The Hall–Kier alpha value is -2.17. The first-order valence-electron chi connectivity index (χ1n) is 7.59. The van der Waals surface area contributed by atoms with Crippen LogP contribution in [0.15, 0.2) is 24.3 Å². The van der Waals surface area contributed by atoms with Crippen molar-refractivity contribution in [2.45, 2.75) is 38.6 Å². The first-order chi connectivity index (χ1) is 10.3. The van der Waals surface area contributed by atoms with Gasteiger partial charge >= 0.3 is 0 Å². The molecule has 3 rings (SSSR count). The lowest BCUT2D eigenvalue weighted by molar-refractivity contribution is 0.0952. The number of nitrogens with one attached hydrogen (secondary N) is 2. The van der Waals surface area contributed by atoms with Crippen LogP contribution >= 0.6 is 0 Å².